The van der Waals surface area contributed by atoms with Crippen LogP contribution in [0.2, 0.25) is 0 Å². The SMILES string of the molecule is C=C(OC(C)(C)C)N1CC=C(c2ccc(=N)n(C(=N)COc3ccnc4cc(OC)ccc34)c2)CC1. The van der Waals surface area contributed by atoms with Crippen molar-refractivity contribution in [1.82, 2.24) is 14.5 Å². The summed E-state index contributed by atoms with van der Waals surface area (Å²) >= 11 is 0. The number of aromatic nitrogens is 2. The fourth-order valence-electron chi connectivity index (χ4n) is 4.06. The van der Waals surface area contributed by atoms with Crippen LogP contribution in [0.4, 0.5) is 0 Å². The molecule has 3 heterocycles. The Morgan fingerprint density at radius 1 is 1.17 bits per heavy atom. The third kappa shape index (κ3) is 5.76. The van der Waals surface area contributed by atoms with Gasteiger partial charge in [0.25, 0.3) is 0 Å². The van der Waals surface area contributed by atoms with Crippen LogP contribution in [0, 0.1) is 10.8 Å². The second-order valence-electron chi connectivity index (χ2n) is 9.63. The Balaban J connectivity index is 1.46. The first-order chi connectivity index (χ1) is 17.1. The van der Waals surface area contributed by atoms with Crippen molar-refractivity contribution in [3.05, 3.63) is 78.4 Å². The molecule has 0 unspecified atom stereocenters. The smallest absolute Gasteiger partial charge is 0.182 e. The number of hydrogen-bond acceptors (Lipinski definition) is 7. The lowest BCUT2D eigenvalue weighted by Gasteiger charge is -2.33. The summed E-state index contributed by atoms with van der Waals surface area (Å²) in [5, 5.41) is 17.8. The Morgan fingerprint density at radius 3 is 2.67 bits per heavy atom. The van der Waals surface area contributed by atoms with Crippen LogP contribution in [0.25, 0.3) is 16.5 Å². The number of methoxy groups -OCH3 is 1. The van der Waals surface area contributed by atoms with Crippen molar-refractivity contribution in [3.8, 4) is 11.5 Å². The van der Waals surface area contributed by atoms with Crippen LogP contribution in [0.3, 0.4) is 0 Å². The highest BCUT2D eigenvalue weighted by Crippen LogP contribution is 2.27. The maximum atomic E-state index is 8.60. The summed E-state index contributed by atoms with van der Waals surface area (Å²) in [4.78, 5) is 6.49. The molecule has 1 aliphatic rings. The fraction of sp³-hybridized carbons (Fsp3) is 0.321. The summed E-state index contributed by atoms with van der Waals surface area (Å²) in [6.45, 7) is 11.6. The molecule has 188 valence electrons. The predicted molar refractivity (Wildman–Crippen MR) is 141 cm³/mol. The standard InChI is InChI=1S/C28H33N5O3/c1-19(36-28(2,3)4)32-14-11-20(12-15-32)21-6-9-26(29)33(17-21)27(30)18-35-25-10-13-31-24-16-22(34-5)7-8-23(24)25/h6-11,13,16-17,29-30H,1,12,14-15,18H2,2-5H3. The molecule has 0 spiro atoms. The Kier molecular flexibility index (Phi) is 7.15. The molecule has 0 atom stereocenters. The van der Waals surface area contributed by atoms with Gasteiger partial charge in [0, 0.05) is 36.9 Å². The van der Waals surface area contributed by atoms with Gasteiger partial charge in [0.2, 0.25) is 0 Å². The normalized spacial score (nSPS) is 13.8. The van der Waals surface area contributed by atoms with E-state index < -0.39 is 0 Å². The number of rotatable bonds is 7. The minimum absolute atomic E-state index is 0.0158. The Hall–Kier alpha value is -4.07. The molecule has 2 N–H and O–H groups in total. The summed E-state index contributed by atoms with van der Waals surface area (Å²) in [7, 11) is 1.62. The molecule has 0 saturated heterocycles. The summed E-state index contributed by atoms with van der Waals surface area (Å²) in [6, 6.07) is 11.0. The number of hydrogen-bond donors (Lipinski definition) is 2. The number of nitrogens with one attached hydrogen (secondary N) is 2. The van der Waals surface area contributed by atoms with E-state index in [2.05, 4.69) is 22.5 Å². The Labute approximate surface area is 211 Å². The highest BCUT2D eigenvalue weighted by Gasteiger charge is 2.20. The Bertz CT molecular complexity index is 1380. The molecule has 36 heavy (non-hydrogen) atoms. The third-order valence-electron chi connectivity index (χ3n) is 5.87. The molecule has 0 amide bonds. The van der Waals surface area contributed by atoms with Gasteiger partial charge in [-0.3, -0.25) is 20.4 Å². The molecule has 0 saturated carbocycles. The number of pyridine rings is 2. The lowest BCUT2D eigenvalue weighted by atomic mass is 10.0. The molecular formula is C28H33N5O3. The van der Waals surface area contributed by atoms with Crippen molar-refractivity contribution in [2.75, 3.05) is 26.8 Å². The summed E-state index contributed by atoms with van der Waals surface area (Å²) in [5.74, 6) is 2.20. The van der Waals surface area contributed by atoms with Crippen molar-refractivity contribution >= 4 is 22.3 Å². The zero-order chi connectivity index (χ0) is 25.9. The first-order valence-corrected chi connectivity index (χ1v) is 11.9. The molecule has 0 fully saturated rings. The molecule has 0 bridgehead atoms. The average Bonchev–Trinajstić information content (AvgIpc) is 2.86. The van der Waals surface area contributed by atoms with E-state index in [1.165, 1.54) is 5.57 Å². The van der Waals surface area contributed by atoms with E-state index in [1.807, 2.05) is 51.2 Å². The molecule has 0 radical (unpaired) electrons. The first-order valence-electron chi connectivity index (χ1n) is 11.9. The maximum Gasteiger partial charge on any atom is 0.182 e. The Morgan fingerprint density at radius 2 is 1.97 bits per heavy atom. The lowest BCUT2D eigenvalue weighted by molar-refractivity contribution is 0.00562. The summed E-state index contributed by atoms with van der Waals surface area (Å²) < 4.78 is 18.7. The first kappa shape index (κ1) is 25.0. The molecule has 0 aliphatic carbocycles. The van der Waals surface area contributed by atoms with Crippen LogP contribution in [-0.2, 0) is 4.74 Å². The monoisotopic (exact) mass is 487 g/mol. The largest absolute Gasteiger partial charge is 0.497 e. The predicted octanol–water partition coefficient (Wildman–Crippen LogP) is 4.80. The van der Waals surface area contributed by atoms with Crippen LogP contribution < -0.4 is 15.0 Å². The minimum Gasteiger partial charge on any atom is -0.497 e. The van der Waals surface area contributed by atoms with Gasteiger partial charge in [0.05, 0.1) is 12.6 Å². The van der Waals surface area contributed by atoms with Gasteiger partial charge < -0.3 is 19.1 Å². The van der Waals surface area contributed by atoms with Gasteiger partial charge in [-0.15, -0.1) is 0 Å². The lowest BCUT2D eigenvalue weighted by Crippen LogP contribution is -2.33. The van der Waals surface area contributed by atoms with Crippen molar-refractivity contribution in [1.29, 1.82) is 10.8 Å². The van der Waals surface area contributed by atoms with Gasteiger partial charge in [-0.05, 0) is 75.2 Å². The van der Waals surface area contributed by atoms with E-state index in [0.29, 0.717) is 18.2 Å². The van der Waals surface area contributed by atoms with E-state index in [1.54, 1.807) is 30.0 Å². The van der Waals surface area contributed by atoms with Gasteiger partial charge in [0.1, 0.15) is 35.0 Å². The van der Waals surface area contributed by atoms with Gasteiger partial charge >= 0.3 is 0 Å². The molecule has 1 aromatic carbocycles. The van der Waals surface area contributed by atoms with Crippen molar-refractivity contribution < 1.29 is 14.2 Å². The topological polar surface area (TPSA) is 96.5 Å². The van der Waals surface area contributed by atoms with Crippen molar-refractivity contribution in [2.24, 2.45) is 0 Å². The molecule has 8 nitrogen and oxygen atoms in total. The second-order valence-corrected chi connectivity index (χ2v) is 9.63. The number of ether oxygens (including phenoxy) is 3. The summed E-state index contributed by atoms with van der Waals surface area (Å²) in [5.41, 5.74) is 2.85. The van der Waals surface area contributed by atoms with Crippen molar-refractivity contribution in [2.45, 2.75) is 32.8 Å². The van der Waals surface area contributed by atoms with Gasteiger partial charge in [-0.25, -0.2) is 0 Å². The van der Waals surface area contributed by atoms with E-state index in [0.717, 1.165) is 35.2 Å². The van der Waals surface area contributed by atoms with Crippen LogP contribution in [0.15, 0.2) is 67.3 Å². The molecule has 3 aromatic rings. The molecular weight excluding hydrogens is 454 g/mol. The van der Waals surface area contributed by atoms with Gasteiger partial charge in [-0.2, -0.15) is 0 Å². The highest BCUT2D eigenvalue weighted by molar-refractivity contribution is 5.87. The van der Waals surface area contributed by atoms with Gasteiger partial charge in [-0.1, -0.05) is 6.08 Å². The molecule has 1 aliphatic heterocycles. The molecule has 8 heteroatoms. The zero-order valence-corrected chi connectivity index (χ0v) is 21.3. The van der Waals surface area contributed by atoms with Crippen LogP contribution in [0.1, 0.15) is 32.8 Å². The maximum absolute atomic E-state index is 8.60. The number of benzene rings is 1. The van der Waals surface area contributed by atoms with Crippen LogP contribution >= 0.6 is 0 Å². The van der Waals surface area contributed by atoms with E-state index in [-0.39, 0.29) is 23.5 Å². The fourth-order valence-corrected chi connectivity index (χ4v) is 4.06. The molecule has 4 rings (SSSR count). The van der Waals surface area contributed by atoms with E-state index in [9.17, 15) is 0 Å². The highest BCUT2D eigenvalue weighted by atomic mass is 16.5. The number of fused-ring (bicyclic) bond motifs is 1. The minimum atomic E-state index is -0.283. The molecule has 2 aromatic heterocycles. The van der Waals surface area contributed by atoms with E-state index in [4.69, 9.17) is 25.0 Å². The second kappa shape index (κ2) is 10.3. The van der Waals surface area contributed by atoms with Crippen LogP contribution in [-0.4, -0.2) is 52.7 Å². The van der Waals surface area contributed by atoms with Crippen LogP contribution in [0.5, 0.6) is 11.5 Å². The summed E-state index contributed by atoms with van der Waals surface area (Å²) in [6.07, 6.45) is 6.48. The van der Waals surface area contributed by atoms with Gasteiger partial charge in [0.15, 0.2) is 5.88 Å². The quantitative estimate of drug-likeness (QED) is 0.283. The average molecular weight is 488 g/mol. The van der Waals surface area contributed by atoms with E-state index >= 15 is 0 Å². The van der Waals surface area contributed by atoms with Crippen molar-refractivity contribution in [3.63, 3.8) is 0 Å². The number of nitrogens with zero attached hydrogens (tertiary/aromatic N) is 3. The third-order valence-corrected chi connectivity index (χ3v) is 5.87. The zero-order valence-electron chi connectivity index (χ0n) is 21.3.